The Morgan fingerprint density at radius 1 is 1.50 bits per heavy atom. The van der Waals surface area contributed by atoms with Crippen LogP contribution in [0.3, 0.4) is 0 Å². The van der Waals surface area contributed by atoms with Crippen LogP contribution in [0.2, 0.25) is 0 Å². The van der Waals surface area contributed by atoms with Crippen molar-refractivity contribution in [1.82, 2.24) is 9.88 Å². The molecule has 1 fully saturated rings. The lowest BCUT2D eigenvalue weighted by Gasteiger charge is -2.09. The van der Waals surface area contributed by atoms with Gasteiger partial charge in [-0.05, 0) is 55.9 Å². The van der Waals surface area contributed by atoms with Gasteiger partial charge in [0.1, 0.15) is 0 Å². The molecule has 0 spiro atoms. The fourth-order valence-corrected chi connectivity index (χ4v) is 3.55. The van der Waals surface area contributed by atoms with Crippen LogP contribution in [0.4, 0.5) is 0 Å². The summed E-state index contributed by atoms with van der Waals surface area (Å²) in [6, 6.07) is 2.30. The molecule has 90 valence electrons. The summed E-state index contributed by atoms with van der Waals surface area (Å²) in [5, 5.41) is 3.60. The van der Waals surface area contributed by atoms with E-state index in [0.717, 1.165) is 12.5 Å². The first-order valence-corrected chi connectivity index (χ1v) is 7.24. The Kier molecular flexibility index (Phi) is 3.98. The maximum atomic E-state index is 3.60. The van der Waals surface area contributed by atoms with Gasteiger partial charge in [0.25, 0.3) is 0 Å². The van der Waals surface area contributed by atoms with Gasteiger partial charge in [0.2, 0.25) is 0 Å². The molecular formula is C13H22N2S. The highest BCUT2D eigenvalue weighted by atomic mass is 32.2. The van der Waals surface area contributed by atoms with Crippen molar-refractivity contribution in [2.45, 2.75) is 26.8 Å². The molecular weight excluding hydrogens is 216 g/mol. The Labute approximate surface area is 103 Å². The number of hydrogen-bond acceptors (Lipinski definition) is 2. The van der Waals surface area contributed by atoms with Crippen LogP contribution in [0.1, 0.15) is 23.4 Å². The molecule has 0 amide bonds. The summed E-state index contributed by atoms with van der Waals surface area (Å²) in [7, 11) is 2.14. The number of rotatable bonds is 4. The van der Waals surface area contributed by atoms with E-state index in [0.29, 0.717) is 0 Å². The van der Waals surface area contributed by atoms with Crippen molar-refractivity contribution in [3.05, 3.63) is 23.0 Å². The molecule has 16 heavy (non-hydrogen) atoms. The van der Waals surface area contributed by atoms with Gasteiger partial charge in [-0.15, -0.1) is 0 Å². The van der Waals surface area contributed by atoms with Gasteiger partial charge >= 0.3 is 0 Å². The first-order chi connectivity index (χ1) is 7.68. The van der Waals surface area contributed by atoms with Gasteiger partial charge in [-0.1, -0.05) is 0 Å². The molecule has 1 aromatic rings. The van der Waals surface area contributed by atoms with Gasteiger partial charge in [0, 0.05) is 25.0 Å². The minimum absolute atomic E-state index is 0.898. The fourth-order valence-electron chi connectivity index (χ4n) is 2.27. The molecule has 2 nitrogen and oxygen atoms in total. The van der Waals surface area contributed by atoms with Gasteiger partial charge in [-0.3, -0.25) is 0 Å². The number of hydrogen-bond donors (Lipinski definition) is 1. The molecule has 2 rings (SSSR count). The number of nitrogens with one attached hydrogen (secondary N) is 1. The Morgan fingerprint density at radius 3 is 2.88 bits per heavy atom. The molecule has 1 saturated heterocycles. The van der Waals surface area contributed by atoms with Crippen molar-refractivity contribution in [3.63, 3.8) is 0 Å². The van der Waals surface area contributed by atoms with Gasteiger partial charge in [0.15, 0.2) is 0 Å². The van der Waals surface area contributed by atoms with E-state index < -0.39 is 0 Å². The molecule has 3 heteroatoms. The quantitative estimate of drug-likeness (QED) is 0.868. The molecule has 1 N–H and O–H groups in total. The lowest BCUT2D eigenvalue weighted by Crippen LogP contribution is -2.22. The van der Waals surface area contributed by atoms with Crippen LogP contribution < -0.4 is 5.32 Å². The summed E-state index contributed by atoms with van der Waals surface area (Å²) in [5.41, 5.74) is 4.20. The standard InChI is InChI=1S/C13H22N2S/c1-10-6-13(11(2)15(10)3)8-14-7-12-4-5-16-9-12/h6,12,14H,4-5,7-9H2,1-3H3. The second kappa shape index (κ2) is 5.28. The molecule has 1 aliphatic rings. The van der Waals surface area contributed by atoms with Crippen molar-refractivity contribution in [1.29, 1.82) is 0 Å². The molecule has 0 aromatic carbocycles. The van der Waals surface area contributed by atoms with Crippen molar-refractivity contribution in [2.75, 3.05) is 18.1 Å². The topological polar surface area (TPSA) is 17.0 Å². The minimum Gasteiger partial charge on any atom is -0.352 e. The van der Waals surface area contributed by atoms with Gasteiger partial charge in [-0.25, -0.2) is 0 Å². The average Bonchev–Trinajstić information content (AvgIpc) is 2.85. The van der Waals surface area contributed by atoms with Crippen LogP contribution in [0, 0.1) is 19.8 Å². The Hall–Kier alpha value is -0.410. The summed E-state index contributed by atoms with van der Waals surface area (Å²) in [4.78, 5) is 0. The zero-order valence-electron chi connectivity index (χ0n) is 10.5. The van der Waals surface area contributed by atoms with Gasteiger partial charge < -0.3 is 9.88 Å². The van der Waals surface area contributed by atoms with E-state index in [1.54, 1.807) is 0 Å². The first-order valence-electron chi connectivity index (χ1n) is 6.08. The van der Waals surface area contributed by atoms with Crippen LogP contribution in [0.5, 0.6) is 0 Å². The SMILES string of the molecule is Cc1cc(CNCC2CCSC2)c(C)n1C. The molecule has 1 aliphatic heterocycles. The van der Waals surface area contributed by atoms with Crippen molar-refractivity contribution < 1.29 is 0 Å². The minimum atomic E-state index is 0.898. The second-order valence-electron chi connectivity index (χ2n) is 4.82. The maximum absolute atomic E-state index is 3.60. The molecule has 0 radical (unpaired) electrons. The summed E-state index contributed by atoms with van der Waals surface area (Å²) >= 11 is 2.09. The Balaban J connectivity index is 1.82. The average molecular weight is 238 g/mol. The van der Waals surface area contributed by atoms with Crippen LogP contribution in [0.15, 0.2) is 6.07 Å². The van der Waals surface area contributed by atoms with E-state index in [9.17, 15) is 0 Å². The Morgan fingerprint density at radius 2 is 2.31 bits per heavy atom. The van der Waals surface area contributed by atoms with Crippen molar-refractivity contribution in [2.24, 2.45) is 13.0 Å². The van der Waals surface area contributed by atoms with Crippen LogP contribution in [0.25, 0.3) is 0 Å². The molecule has 0 saturated carbocycles. The number of thioether (sulfide) groups is 1. The third-order valence-electron chi connectivity index (χ3n) is 3.65. The predicted molar refractivity (Wildman–Crippen MR) is 72.0 cm³/mol. The summed E-state index contributed by atoms with van der Waals surface area (Å²) in [6.07, 6.45) is 1.39. The molecule has 1 atom stereocenters. The van der Waals surface area contributed by atoms with Crippen LogP contribution in [-0.2, 0) is 13.6 Å². The van der Waals surface area contributed by atoms with Crippen molar-refractivity contribution >= 4 is 11.8 Å². The number of nitrogens with zero attached hydrogens (tertiary/aromatic N) is 1. The zero-order valence-corrected chi connectivity index (χ0v) is 11.4. The predicted octanol–water partition coefficient (Wildman–Crippen LogP) is 2.48. The van der Waals surface area contributed by atoms with Crippen LogP contribution >= 0.6 is 11.8 Å². The summed E-state index contributed by atoms with van der Waals surface area (Å²) in [6.45, 7) is 6.58. The smallest absolute Gasteiger partial charge is 0.0223 e. The number of aryl methyl sites for hydroxylation is 1. The summed E-state index contributed by atoms with van der Waals surface area (Å²) < 4.78 is 2.27. The van der Waals surface area contributed by atoms with E-state index in [-0.39, 0.29) is 0 Å². The van der Waals surface area contributed by atoms with E-state index in [2.05, 4.69) is 48.6 Å². The lowest BCUT2D eigenvalue weighted by molar-refractivity contribution is 0.522. The summed E-state index contributed by atoms with van der Waals surface area (Å²) in [5.74, 6) is 3.60. The lowest BCUT2D eigenvalue weighted by atomic mass is 10.1. The first kappa shape index (κ1) is 12.1. The highest BCUT2D eigenvalue weighted by Crippen LogP contribution is 2.22. The third kappa shape index (κ3) is 2.64. The number of aromatic nitrogens is 1. The van der Waals surface area contributed by atoms with E-state index in [1.165, 1.54) is 41.4 Å². The van der Waals surface area contributed by atoms with Crippen molar-refractivity contribution in [3.8, 4) is 0 Å². The van der Waals surface area contributed by atoms with E-state index in [4.69, 9.17) is 0 Å². The normalized spacial score (nSPS) is 20.6. The Bertz CT molecular complexity index is 351. The van der Waals surface area contributed by atoms with Crippen LogP contribution in [-0.4, -0.2) is 22.6 Å². The molecule has 1 unspecified atom stereocenters. The fraction of sp³-hybridized carbons (Fsp3) is 0.692. The monoisotopic (exact) mass is 238 g/mol. The largest absolute Gasteiger partial charge is 0.352 e. The molecule has 0 bridgehead atoms. The van der Waals surface area contributed by atoms with Gasteiger partial charge in [-0.2, -0.15) is 11.8 Å². The highest BCUT2D eigenvalue weighted by Gasteiger charge is 2.15. The molecule has 1 aromatic heterocycles. The molecule has 0 aliphatic carbocycles. The zero-order chi connectivity index (χ0) is 11.5. The maximum Gasteiger partial charge on any atom is 0.0223 e. The van der Waals surface area contributed by atoms with E-state index >= 15 is 0 Å². The second-order valence-corrected chi connectivity index (χ2v) is 5.97. The third-order valence-corrected chi connectivity index (χ3v) is 4.88. The molecule has 2 heterocycles. The highest BCUT2D eigenvalue weighted by molar-refractivity contribution is 7.99. The van der Waals surface area contributed by atoms with Gasteiger partial charge in [0.05, 0.1) is 0 Å². The van der Waals surface area contributed by atoms with E-state index in [1.807, 2.05) is 0 Å².